The molecule has 1 aliphatic heterocycles. The smallest absolute Gasteiger partial charge is 0.124 e. The summed E-state index contributed by atoms with van der Waals surface area (Å²) in [6.07, 6.45) is 5.10. The molecule has 0 bridgehead atoms. The van der Waals surface area contributed by atoms with E-state index in [1.165, 1.54) is 30.4 Å². The third kappa shape index (κ3) is 2.86. The van der Waals surface area contributed by atoms with Crippen molar-refractivity contribution in [2.75, 3.05) is 6.54 Å². The first-order valence-corrected chi connectivity index (χ1v) is 7.29. The molecule has 0 saturated heterocycles. The van der Waals surface area contributed by atoms with Gasteiger partial charge in [0.05, 0.1) is 6.04 Å². The number of benzene rings is 1. The van der Waals surface area contributed by atoms with E-state index in [1.54, 1.807) is 0 Å². The molecule has 0 amide bonds. The molecule has 0 fully saturated rings. The van der Waals surface area contributed by atoms with Crippen LogP contribution < -0.4 is 10.1 Å². The SMILES string of the molecule is CCCCc1ccc2c(c1)C(NCCC)C(C)O2. The molecular formula is C16H25NO. The Morgan fingerprint density at radius 1 is 1.22 bits per heavy atom. The van der Waals surface area contributed by atoms with Crippen LogP contribution in [0.3, 0.4) is 0 Å². The van der Waals surface area contributed by atoms with E-state index in [2.05, 4.69) is 44.3 Å². The molecule has 0 aromatic heterocycles. The molecule has 2 heteroatoms. The Balaban J connectivity index is 2.14. The average Bonchev–Trinajstić information content (AvgIpc) is 2.69. The predicted octanol–water partition coefficient (Wildman–Crippen LogP) is 3.85. The first-order chi connectivity index (χ1) is 8.76. The second kappa shape index (κ2) is 6.24. The van der Waals surface area contributed by atoms with E-state index in [9.17, 15) is 0 Å². The van der Waals surface area contributed by atoms with E-state index in [1.807, 2.05) is 0 Å². The van der Waals surface area contributed by atoms with Crippen LogP contribution in [0.5, 0.6) is 5.75 Å². The summed E-state index contributed by atoms with van der Waals surface area (Å²) >= 11 is 0. The second-order valence-corrected chi connectivity index (χ2v) is 5.23. The van der Waals surface area contributed by atoms with Crippen molar-refractivity contribution in [2.45, 2.75) is 58.6 Å². The van der Waals surface area contributed by atoms with E-state index < -0.39 is 0 Å². The molecule has 0 spiro atoms. The van der Waals surface area contributed by atoms with Gasteiger partial charge >= 0.3 is 0 Å². The zero-order chi connectivity index (χ0) is 13.0. The zero-order valence-corrected chi connectivity index (χ0v) is 11.8. The Morgan fingerprint density at radius 2 is 2.06 bits per heavy atom. The van der Waals surface area contributed by atoms with Crippen molar-refractivity contribution in [3.8, 4) is 5.75 Å². The molecule has 2 unspecified atom stereocenters. The molecule has 1 aliphatic rings. The lowest BCUT2D eigenvalue weighted by Gasteiger charge is -2.16. The van der Waals surface area contributed by atoms with Gasteiger partial charge in [-0.2, -0.15) is 0 Å². The lowest BCUT2D eigenvalue weighted by atomic mass is 9.99. The molecule has 0 aliphatic carbocycles. The molecule has 2 rings (SSSR count). The van der Waals surface area contributed by atoms with Crippen molar-refractivity contribution in [3.63, 3.8) is 0 Å². The fourth-order valence-electron chi connectivity index (χ4n) is 2.58. The van der Waals surface area contributed by atoms with Crippen molar-refractivity contribution < 1.29 is 4.74 Å². The van der Waals surface area contributed by atoms with Gasteiger partial charge in [0.2, 0.25) is 0 Å². The van der Waals surface area contributed by atoms with Gasteiger partial charge < -0.3 is 10.1 Å². The summed E-state index contributed by atoms with van der Waals surface area (Å²) in [6, 6.07) is 7.05. The lowest BCUT2D eigenvalue weighted by molar-refractivity contribution is 0.210. The molecule has 0 saturated carbocycles. The van der Waals surface area contributed by atoms with Gasteiger partial charge in [-0.1, -0.05) is 32.4 Å². The minimum Gasteiger partial charge on any atom is -0.488 e. The van der Waals surface area contributed by atoms with Gasteiger partial charge in [0, 0.05) is 5.56 Å². The zero-order valence-electron chi connectivity index (χ0n) is 11.8. The summed E-state index contributed by atoms with van der Waals surface area (Å²) in [4.78, 5) is 0. The third-order valence-electron chi connectivity index (χ3n) is 3.62. The minimum atomic E-state index is 0.243. The molecule has 1 heterocycles. The number of ether oxygens (including phenoxy) is 1. The monoisotopic (exact) mass is 247 g/mol. The van der Waals surface area contributed by atoms with E-state index in [-0.39, 0.29) is 6.10 Å². The number of rotatable bonds is 6. The van der Waals surface area contributed by atoms with Crippen molar-refractivity contribution in [1.29, 1.82) is 0 Å². The van der Waals surface area contributed by atoms with E-state index in [0.29, 0.717) is 6.04 Å². The topological polar surface area (TPSA) is 21.3 Å². The fourth-order valence-corrected chi connectivity index (χ4v) is 2.58. The molecule has 1 N–H and O–H groups in total. The number of nitrogens with one attached hydrogen (secondary N) is 1. The minimum absolute atomic E-state index is 0.243. The second-order valence-electron chi connectivity index (χ2n) is 5.23. The van der Waals surface area contributed by atoms with Crippen LogP contribution in [0.1, 0.15) is 57.2 Å². The van der Waals surface area contributed by atoms with Gasteiger partial charge in [0.25, 0.3) is 0 Å². The lowest BCUT2D eigenvalue weighted by Crippen LogP contribution is -2.29. The highest BCUT2D eigenvalue weighted by Gasteiger charge is 2.30. The van der Waals surface area contributed by atoms with Crippen LogP contribution in [0.25, 0.3) is 0 Å². The Morgan fingerprint density at radius 3 is 2.78 bits per heavy atom. The van der Waals surface area contributed by atoms with Crippen LogP contribution in [0, 0.1) is 0 Å². The van der Waals surface area contributed by atoms with Gasteiger partial charge in [0.15, 0.2) is 0 Å². The third-order valence-corrected chi connectivity index (χ3v) is 3.62. The van der Waals surface area contributed by atoms with Gasteiger partial charge in [0.1, 0.15) is 11.9 Å². The van der Waals surface area contributed by atoms with Crippen LogP contribution >= 0.6 is 0 Å². The summed E-state index contributed by atoms with van der Waals surface area (Å²) < 4.78 is 5.91. The first-order valence-electron chi connectivity index (χ1n) is 7.29. The Kier molecular flexibility index (Phi) is 4.65. The summed E-state index contributed by atoms with van der Waals surface area (Å²) in [5.74, 6) is 1.07. The molecule has 2 nitrogen and oxygen atoms in total. The van der Waals surface area contributed by atoms with Gasteiger partial charge in [-0.25, -0.2) is 0 Å². The van der Waals surface area contributed by atoms with Crippen LogP contribution in [-0.4, -0.2) is 12.6 Å². The number of aryl methyl sites for hydroxylation is 1. The quantitative estimate of drug-likeness (QED) is 0.824. The van der Waals surface area contributed by atoms with Crippen molar-refractivity contribution in [1.82, 2.24) is 5.32 Å². The molecule has 0 radical (unpaired) electrons. The van der Waals surface area contributed by atoms with Crippen molar-refractivity contribution in [2.24, 2.45) is 0 Å². The van der Waals surface area contributed by atoms with E-state index in [4.69, 9.17) is 4.74 Å². The number of unbranched alkanes of at least 4 members (excludes halogenated alkanes) is 1. The molecular weight excluding hydrogens is 222 g/mol. The largest absolute Gasteiger partial charge is 0.488 e. The predicted molar refractivity (Wildman–Crippen MR) is 76.2 cm³/mol. The van der Waals surface area contributed by atoms with Gasteiger partial charge in [-0.05, 0) is 44.4 Å². The summed E-state index contributed by atoms with van der Waals surface area (Å²) in [7, 11) is 0. The highest BCUT2D eigenvalue weighted by atomic mass is 16.5. The van der Waals surface area contributed by atoms with E-state index >= 15 is 0 Å². The highest BCUT2D eigenvalue weighted by molar-refractivity contribution is 5.43. The van der Waals surface area contributed by atoms with Gasteiger partial charge in [-0.15, -0.1) is 0 Å². The van der Waals surface area contributed by atoms with Crippen LogP contribution in [0.4, 0.5) is 0 Å². The summed E-state index contributed by atoms with van der Waals surface area (Å²) in [6.45, 7) is 7.65. The summed E-state index contributed by atoms with van der Waals surface area (Å²) in [5, 5.41) is 3.60. The Labute approximate surface area is 111 Å². The van der Waals surface area contributed by atoms with Crippen LogP contribution in [-0.2, 0) is 6.42 Å². The Bertz CT molecular complexity index is 389. The van der Waals surface area contributed by atoms with Crippen LogP contribution in [0.2, 0.25) is 0 Å². The maximum absolute atomic E-state index is 5.91. The maximum atomic E-state index is 5.91. The first kappa shape index (κ1) is 13.4. The normalized spacial score (nSPS) is 21.7. The molecule has 1 aromatic carbocycles. The van der Waals surface area contributed by atoms with Gasteiger partial charge in [-0.3, -0.25) is 0 Å². The standard InChI is InChI=1S/C16H25NO/c1-4-6-7-13-8-9-15-14(11-13)16(12(3)18-15)17-10-5-2/h8-9,11-12,16-17H,4-7,10H2,1-3H3. The summed E-state index contributed by atoms with van der Waals surface area (Å²) in [5.41, 5.74) is 2.79. The highest BCUT2D eigenvalue weighted by Crippen LogP contribution is 2.37. The van der Waals surface area contributed by atoms with E-state index in [0.717, 1.165) is 18.7 Å². The molecule has 18 heavy (non-hydrogen) atoms. The average molecular weight is 247 g/mol. The van der Waals surface area contributed by atoms with Crippen molar-refractivity contribution in [3.05, 3.63) is 29.3 Å². The maximum Gasteiger partial charge on any atom is 0.124 e. The van der Waals surface area contributed by atoms with Crippen LogP contribution in [0.15, 0.2) is 18.2 Å². The molecule has 100 valence electrons. The van der Waals surface area contributed by atoms with Crippen molar-refractivity contribution >= 4 is 0 Å². The fraction of sp³-hybridized carbons (Fsp3) is 0.625. The number of hydrogen-bond donors (Lipinski definition) is 1. The Hall–Kier alpha value is -1.02. The number of fused-ring (bicyclic) bond motifs is 1. The molecule has 2 atom stereocenters. The molecule has 1 aromatic rings. The number of hydrogen-bond acceptors (Lipinski definition) is 2.